The molecule has 3 aliphatic rings. The number of likely N-dealkylation sites (tertiary alicyclic amines) is 1. The fraction of sp³-hybridized carbons (Fsp3) is 0.700. The summed E-state index contributed by atoms with van der Waals surface area (Å²) >= 11 is 0. The Bertz CT molecular complexity index is 1030. The van der Waals surface area contributed by atoms with Crippen molar-refractivity contribution in [1.29, 1.82) is 5.26 Å². The molecule has 39 heavy (non-hydrogen) atoms. The van der Waals surface area contributed by atoms with E-state index in [0.29, 0.717) is 36.9 Å². The summed E-state index contributed by atoms with van der Waals surface area (Å²) in [7, 11) is 0. The molecule has 212 valence electrons. The van der Waals surface area contributed by atoms with Gasteiger partial charge in [-0.05, 0) is 69.4 Å². The Kier molecular flexibility index (Phi) is 10.3. The van der Waals surface area contributed by atoms with Gasteiger partial charge < -0.3 is 10.1 Å². The number of nitriles is 1. The van der Waals surface area contributed by atoms with Gasteiger partial charge in [-0.2, -0.15) is 5.26 Å². The minimum Gasteiger partial charge on any atom is -0.450 e. The van der Waals surface area contributed by atoms with Crippen LogP contribution in [0.1, 0.15) is 90.0 Å². The Morgan fingerprint density at radius 1 is 1.18 bits per heavy atom. The third-order valence-electron chi connectivity index (χ3n) is 8.70. The number of amidine groups is 1. The molecule has 3 fully saturated rings. The number of carbonyl (C=O) groups is 2. The van der Waals surface area contributed by atoms with Crippen molar-refractivity contribution in [3.63, 3.8) is 0 Å². The highest BCUT2D eigenvalue weighted by atomic mass is 16.5. The average Bonchev–Trinajstić information content (AvgIpc) is 3.38. The van der Waals surface area contributed by atoms with Crippen molar-refractivity contribution in [2.24, 2.45) is 16.8 Å². The van der Waals surface area contributed by atoms with E-state index >= 15 is 0 Å². The molecule has 2 amide bonds. The maximum atomic E-state index is 13.9. The van der Waals surface area contributed by atoms with Gasteiger partial charge in [-0.15, -0.1) is 0 Å². The fourth-order valence-electron chi connectivity index (χ4n) is 6.36. The maximum absolute atomic E-state index is 13.9. The standard InChI is InChI=1S/C30H44N6O3/c1-3-39-29(38)34-27(24-13-16-32-17-14-24)33-26(19-23-7-5-4-6-8-23)28(37)35-30(20-31)15-18-36(21-30)25-11-9-22(2)10-12-25/h13-14,16-17,22-23,25-26H,3-12,15,18-19,21H2,1-2H3,(H,35,37)(H,33,34,38). The first-order valence-corrected chi connectivity index (χ1v) is 14.8. The smallest absolute Gasteiger partial charge is 0.412 e. The summed E-state index contributed by atoms with van der Waals surface area (Å²) < 4.78 is 5.11. The second-order valence-electron chi connectivity index (χ2n) is 11.6. The molecule has 1 aromatic heterocycles. The van der Waals surface area contributed by atoms with E-state index < -0.39 is 17.7 Å². The lowest BCUT2D eigenvalue weighted by Crippen LogP contribution is -2.53. The van der Waals surface area contributed by atoms with Crippen molar-refractivity contribution in [2.45, 2.75) is 102 Å². The van der Waals surface area contributed by atoms with Gasteiger partial charge in [0.1, 0.15) is 17.4 Å². The third kappa shape index (κ3) is 8.01. The minimum atomic E-state index is -0.925. The highest BCUT2D eigenvalue weighted by Gasteiger charge is 2.43. The third-order valence-corrected chi connectivity index (χ3v) is 8.70. The van der Waals surface area contributed by atoms with Crippen LogP contribution in [0.25, 0.3) is 0 Å². The van der Waals surface area contributed by atoms with Gasteiger partial charge in [-0.3, -0.25) is 25.0 Å². The molecule has 9 nitrogen and oxygen atoms in total. The number of pyridine rings is 1. The molecule has 1 saturated heterocycles. The van der Waals surface area contributed by atoms with Gasteiger partial charge in [-0.1, -0.05) is 39.0 Å². The molecule has 9 heteroatoms. The van der Waals surface area contributed by atoms with Gasteiger partial charge in [0.25, 0.3) is 0 Å². The average molecular weight is 537 g/mol. The van der Waals surface area contributed by atoms with Crippen LogP contribution >= 0.6 is 0 Å². The van der Waals surface area contributed by atoms with E-state index in [0.717, 1.165) is 51.0 Å². The van der Waals surface area contributed by atoms with Gasteiger partial charge in [0.05, 0.1) is 12.7 Å². The number of nitrogens with zero attached hydrogens (tertiary/aromatic N) is 4. The predicted molar refractivity (Wildman–Crippen MR) is 150 cm³/mol. The zero-order valence-corrected chi connectivity index (χ0v) is 23.5. The Hall–Kier alpha value is -2.99. The van der Waals surface area contributed by atoms with Gasteiger partial charge >= 0.3 is 6.09 Å². The number of rotatable bonds is 8. The second-order valence-corrected chi connectivity index (χ2v) is 11.6. The molecular weight excluding hydrogens is 492 g/mol. The Labute approximate surface area is 232 Å². The number of aromatic nitrogens is 1. The normalized spacial score (nSPS) is 27.4. The summed E-state index contributed by atoms with van der Waals surface area (Å²) in [5.41, 5.74) is -0.278. The maximum Gasteiger partial charge on any atom is 0.412 e. The quantitative estimate of drug-likeness (QED) is 0.371. The molecule has 2 aliphatic carbocycles. The molecule has 2 N–H and O–H groups in total. The largest absolute Gasteiger partial charge is 0.450 e. The van der Waals surface area contributed by atoms with Crippen LogP contribution in [-0.4, -0.2) is 65.0 Å². The van der Waals surface area contributed by atoms with E-state index in [9.17, 15) is 14.9 Å². The van der Waals surface area contributed by atoms with E-state index in [-0.39, 0.29) is 18.3 Å². The summed E-state index contributed by atoms with van der Waals surface area (Å²) in [6, 6.07) is 5.71. The number of alkyl carbamates (subject to hydrolysis) is 1. The molecule has 4 rings (SSSR count). The van der Waals surface area contributed by atoms with Gasteiger partial charge in [-0.25, -0.2) is 4.79 Å². The van der Waals surface area contributed by atoms with Crippen molar-refractivity contribution in [3.05, 3.63) is 30.1 Å². The van der Waals surface area contributed by atoms with E-state index in [2.05, 4.69) is 33.5 Å². The topological polar surface area (TPSA) is 120 Å². The SMILES string of the molecule is CCOC(=O)NC(=NC(CC1CCCCC1)C(=O)NC1(C#N)CCN(C2CCC(C)CC2)C1)c1ccncc1. The van der Waals surface area contributed by atoms with Crippen molar-refractivity contribution < 1.29 is 14.3 Å². The summed E-state index contributed by atoms with van der Waals surface area (Å²) in [6.07, 6.45) is 14.2. The zero-order valence-electron chi connectivity index (χ0n) is 23.5. The lowest BCUT2D eigenvalue weighted by molar-refractivity contribution is -0.124. The number of amides is 2. The molecule has 2 unspecified atom stereocenters. The van der Waals surface area contributed by atoms with Crippen LogP contribution in [0.15, 0.2) is 29.5 Å². The molecule has 1 aromatic rings. The lowest BCUT2D eigenvalue weighted by atomic mass is 9.84. The molecule has 2 heterocycles. The Morgan fingerprint density at radius 3 is 2.56 bits per heavy atom. The number of hydrogen-bond donors (Lipinski definition) is 2. The first-order valence-electron chi connectivity index (χ1n) is 14.8. The zero-order chi connectivity index (χ0) is 27.7. The van der Waals surface area contributed by atoms with Crippen LogP contribution < -0.4 is 10.6 Å². The first kappa shape index (κ1) is 29.0. The van der Waals surface area contributed by atoms with E-state index in [1.165, 1.54) is 19.3 Å². The van der Waals surface area contributed by atoms with Crippen LogP contribution in [0.3, 0.4) is 0 Å². The van der Waals surface area contributed by atoms with Crippen LogP contribution in [0.4, 0.5) is 4.79 Å². The molecule has 0 bridgehead atoms. The van der Waals surface area contributed by atoms with Crippen molar-refractivity contribution in [3.8, 4) is 6.07 Å². The second kappa shape index (κ2) is 13.9. The highest BCUT2D eigenvalue weighted by molar-refractivity contribution is 6.07. The summed E-state index contributed by atoms with van der Waals surface area (Å²) in [5.74, 6) is 1.17. The summed E-state index contributed by atoms with van der Waals surface area (Å²) in [6.45, 7) is 5.64. The summed E-state index contributed by atoms with van der Waals surface area (Å²) in [4.78, 5) is 37.6. The van der Waals surface area contributed by atoms with E-state index in [1.54, 1.807) is 31.5 Å². The number of ether oxygens (including phenoxy) is 1. The molecule has 2 atom stereocenters. The number of aliphatic imine (C=N–C) groups is 1. The molecule has 2 saturated carbocycles. The fourth-order valence-corrected chi connectivity index (χ4v) is 6.36. The van der Waals surface area contributed by atoms with Crippen LogP contribution in [-0.2, 0) is 9.53 Å². The van der Waals surface area contributed by atoms with Crippen molar-refractivity contribution >= 4 is 17.8 Å². The number of hydrogen-bond acceptors (Lipinski definition) is 7. The molecule has 0 aromatic carbocycles. The highest BCUT2D eigenvalue weighted by Crippen LogP contribution is 2.33. The molecular formula is C30H44N6O3. The minimum absolute atomic E-state index is 0.225. The summed E-state index contributed by atoms with van der Waals surface area (Å²) in [5, 5.41) is 16.1. The molecule has 0 spiro atoms. The molecule has 0 radical (unpaired) electrons. The van der Waals surface area contributed by atoms with Crippen LogP contribution in [0.2, 0.25) is 0 Å². The van der Waals surface area contributed by atoms with Gasteiger partial charge in [0.2, 0.25) is 5.91 Å². The van der Waals surface area contributed by atoms with E-state index in [4.69, 9.17) is 9.73 Å². The first-order chi connectivity index (χ1) is 18.9. The molecule has 1 aliphatic heterocycles. The van der Waals surface area contributed by atoms with Crippen molar-refractivity contribution in [1.82, 2.24) is 20.5 Å². The van der Waals surface area contributed by atoms with Gasteiger partial charge in [0.15, 0.2) is 0 Å². The Balaban J connectivity index is 1.55. The van der Waals surface area contributed by atoms with Gasteiger partial charge in [0, 0.05) is 37.1 Å². The van der Waals surface area contributed by atoms with E-state index in [1.807, 2.05) is 0 Å². The predicted octanol–water partition coefficient (Wildman–Crippen LogP) is 4.58. The van der Waals surface area contributed by atoms with Crippen LogP contribution in [0.5, 0.6) is 0 Å². The van der Waals surface area contributed by atoms with Crippen LogP contribution in [0, 0.1) is 23.2 Å². The van der Waals surface area contributed by atoms with Crippen molar-refractivity contribution in [2.75, 3.05) is 19.7 Å². The Morgan fingerprint density at radius 2 is 1.90 bits per heavy atom. The number of nitrogens with one attached hydrogen (secondary N) is 2. The lowest BCUT2D eigenvalue weighted by Gasteiger charge is -2.34. The monoisotopic (exact) mass is 536 g/mol. The number of carbonyl (C=O) groups excluding carboxylic acids is 2.